The van der Waals surface area contributed by atoms with Crippen molar-refractivity contribution in [3.63, 3.8) is 0 Å². The second-order valence-electron chi connectivity index (χ2n) is 4.21. The largest absolute Gasteiger partial charge is 0.383 e. The average molecular weight is 259 g/mol. The molecule has 0 unspecified atom stereocenters. The second kappa shape index (κ2) is 5.78. The van der Waals surface area contributed by atoms with E-state index in [-0.39, 0.29) is 5.84 Å². The van der Waals surface area contributed by atoms with Crippen LogP contribution in [-0.4, -0.2) is 10.8 Å². The molecule has 0 aliphatic rings. The Balaban J connectivity index is 2.24. The zero-order valence-electron chi connectivity index (χ0n) is 10.4. The van der Waals surface area contributed by atoms with Crippen LogP contribution in [0.4, 0.5) is 0 Å². The predicted octanol–water partition coefficient (Wildman–Crippen LogP) is 2.97. The van der Waals surface area contributed by atoms with Crippen LogP contribution in [0.15, 0.2) is 30.3 Å². The van der Waals surface area contributed by atoms with Gasteiger partial charge in [0.05, 0.1) is 15.6 Å². The lowest BCUT2D eigenvalue weighted by Crippen LogP contribution is -2.11. The normalized spacial score (nSPS) is 10.5. The molecule has 3 N–H and O–H groups in total. The molecule has 0 fully saturated rings. The van der Waals surface area contributed by atoms with Gasteiger partial charge in [0.15, 0.2) is 0 Å². The number of thiazole rings is 1. The van der Waals surface area contributed by atoms with Crippen LogP contribution in [-0.2, 0) is 12.8 Å². The highest BCUT2D eigenvalue weighted by molar-refractivity contribution is 7.13. The summed E-state index contributed by atoms with van der Waals surface area (Å²) in [5.41, 5.74) is 7.82. The Hall–Kier alpha value is -1.68. The van der Waals surface area contributed by atoms with Gasteiger partial charge >= 0.3 is 0 Å². The molecular weight excluding hydrogens is 242 g/mol. The summed E-state index contributed by atoms with van der Waals surface area (Å²) >= 11 is 1.54. The molecule has 0 saturated heterocycles. The Labute approximate surface area is 111 Å². The summed E-state index contributed by atoms with van der Waals surface area (Å²) in [6.45, 7) is 2.11. The first-order valence-electron chi connectivity index (χ1n) is 6.07. The Morgan fingerprint density at radius 3 is 2.67 bits per heavy atom. The molecule has 3 nitrogen and oxygen atoms in total. The number of hydrogen-bond acceptors (Lipinski definition) is 3. The van der Waals surface area contributed by atoms with Crippen molar-refractivity contribution >= 4 is 17.2 Å². The van der Waals surface area contributed by atoms with Crippen molar-refractivity contribution < 1.29 is 0 Å². The summed E-state index contributed by atoms with van der Waals surface area (Å²) in [5, 5.41) is 8.63. The minimum Gasteiger partial charge on any atom is -0.383 e. The fourth-order valence-corrected chi connectivity index (χ4v) is 2.87. The molecule has 0 aliphatic heterocycles. The van der Waals surface area contributed by atoms with Gasteiger partial charge in [0.25, 0.3) is 0 Å². The van der Waals surface area contributed by atoms with Gasteiger partial charge < -0.3 is 5.73 Å². The van der Waals surface area contributed by atoms with E-state index in [1.165, 1.54) is 5.56 Å². The van der Waals surface area contributed by atoms with Crippen LogP contribution in [0.1, 0.15) is 34.5 Å². The third-order valence-corrected chi connectivity index (χ3v) is 3.80. The van der Waals surface area contributed by atoms with E-state index in [1.54, 1.807) is 11.3 Å². The zero-order valence-corrected chi connectivity index (χ0v) is 11.3. The molecule has 0 radical (unpaired) electrons. The maximum absolute atomic E-state index is 7.60. The number of rotatable bonds is 5. The van der Waals surface area contributed by atoms with Crippen LogP contribution < -0.4 is 5.73 Å². The van der Waals surface area contributed by atoms with Gasteiger partial charge in [-0.2, -0.15) is 0 Å². The second-order valence-corrected chi connectivity index (χ2v) is 5.29. The van der Waals surface area contributed by atoms with Gasteiger partial charge in [0.2, 0.25) is 0 Å². The highest BCUT2D eigenvalue weighted by Gasteiger charge is 2.12. The number of aryl methyl sites for hydroxylation is 1. The van der Waals surface area contributed by atoms with E-state index in [0.717, 1.165) is 34.8 Å². The highest BCUT2D eigenvalue weighted by Crippen LogP contribution is 2.22. The Morgan fingerprint density at radius 2 is 2.06 bits per heavy atom. The lowest BCUT2D eigenvalue weighted by molar-refractivity contribution is 0.881. The van der Waals surface area contributed by atoms with Crippen molar-refractivity contribution in [3.05, 3.63) is 51.5 Å². The molecular formula is C14H17N3S. The molecule has 2 rings (SSSR count). The molecule has 0 bridgehead atoms. The number of nitrogens with zero attached hydrogens (tertiary/aromatic N) is 1. The minimum atomic E-state index is 0.135. The lowest BCUT2D eigenvalue weighted by atomic mass is 10.1. The van der Waals surface area contributed by atoms with Crippen LogP contribution in [0.2, 0.25) is 0 Å². The zero-order chi connectivity index (χ0) is 13.0. The monoisotopic (exact) mass is 259 g/mol. The van der Waals surface area contributed by atoms with E-state index in [2.05, 4.69) is 24.0 Å². The first-order valence-corrected chi connectivity index (χ1v) is 6.89. The maximum atomic E-state index is 7.60. The summed E-state index contributed by atoms with van der Waals surface area (Å²) in [4.78, 5) is 5.45. The first-order chi connectivity index (χ1) is 8.70. The summed E-state index contributed by atoms with van der Waals surface area (Å²) in [6.07, 6.45) is 2.73. The van der Waals surface area contributed by atoms with Gasteiger partial charge in [-0.3, -0.25) is 5.41 Å². The van der Waals surface area contributed by atoms with Crippen molar-refractivity contribution in [1.29, 1.82) is 5.41 Å². The molecule has 0 saturated carbocycles. The SMILES string of the molecule is CCCc1nc(Cc2ccccc2)sc1C(=N)N. The molecule has 94 valence electrons. The fraction of sp³-hybridized carbons (Fsp3) is 0.286. The van der Waals surface area contributed by atoms with Crippen molar-refractivity contribution in [1.82, 2.24) is 4.98 Å². The summed E-state index contributed by atoms with van der Waals surface area (Å²) in [6, 6.07) is 10.3. The number of hydrogen-bond donors (Lipinski definition) is 2. The Kier molecular flexibility index (Phi) is 4.10. The van der Waals surface area contributed by atoms with Gasteiger partial charge in [-0.15, -0.1) is 11.3 Å². The molecule has 4 heteroatoms. The highest BCUT2D eigenvalue weighted by atomic mass is 32.1. The quantitative estimate of drug-likeness (QED) is 0.640. The topological polar surface area (TPSA) is 62.8 Å². The number of nitrogen functional groups attached to an aromatic ring is 1. The third-order valence-electron chi connectivity index (χ3n) is 2.67. The van der Waals surface area contributed by atoms with E-state index >= 15 is 0 Å². The predicted molar refractivity (Wildman–Crippen MR) is 76.4 cm³/mol. The molecule has 18 heavy (non-hydrogen) atoms. The van der Waals surface area contributed by atoms with Crippen molar-refractivity contribution in [3.8, 4) is 0 Å². The Bertz CT molecular complexity index is 531. The number of nitrogens with two attached hydrogens (primary N) is 1. The van der Waals surface area contributed by atoms with E-state index in [4.69, 9.17) is 11.1 Å². The van der Waals surface area contributed by atoms with Crippen LogP contribution in [0, 0.1) is 5.41 Å². The van der Waals surface area contributed by atoms with Crippen LogP contribution in [0.5, 0.6) is 0 Å². The molecule has 0 atom stereocenters. The van der Waals surface area contributed by atoms with Crippen molar-refractivity contribution in [2.45, 2.75) is 26.2 Å². The van der Waals surface area contributed by atoms with Crippen molar-refractivity contribution in [2.75, 3.05) is 0 Å². The van der Waals surface area contributed by atoms with Gasteiger partial charge in [0, 0.05) is 6.42 Å². The number of amidine groups is 1. The van der Waals surface area contributed by atoms with Gasteiger partial charge in [-0.25, -0.2) is 4.98 Å². The molecule has 0 amide bonds. The molecule has 0 aliphatic carbocycles. The molecule has 1 aromatic heterocycles. The summed E-state index contributed by atoms with van der Waals surface area (Å²) in [5.74, 6) is 0.135. The molecule has 1 aromatic carbocycles. The van der Waals surface area contributed by atoms with E-state index < -0.39 is 0 Å². The first kappa shape index (κ1) is 12.8. The molecule has 0 spiro atoms. The average Bonchev–Trinajstić information content (AvgIpc) is 2.74. The third kappa shape index (κ3) is 2.96. The lowest BCUT2D eigenvalue weighted by Gasteiger charge is -1.96. The number of nitrogens with one attached hydrogen (secondary N) is 1. The van der Waals surface area contributed by atoms with Gasteiger partial charge in [0.1, 0.15) is 5.84 Å². The van der Waals surface area contributed by atoms with E-state index in [1.807, 2.05) is 18.2 Å². The molecule has 2 aromatic rings. The summed E-state index contributed by atoms with van der Waals surface area (Å²) in [7, 11) is 0. The number of benzene rings is 1. The summed E-state index contributed by atoms with van der Waals surface area (Å²) < 4.78 is 0. The van der Waals surface area contributed by atoms with E-state index in [9.17, 15) is 0 Å². The van der Waals surface area contributed by atoms with Gasteiger partial charge in [-0.05, 0) is 12.0 Å². The van der Waals surface area contributed by atoms with Crippen LogP contribution in [0.3, 0.4) is 0 Å². The van der Waals surface area contributed by atoms with Gasteiger partial charge in [-0.1, -0.05) is 43.7 Å². The van der Waals surface area contributed by atoms with E-state index in [0.29, 0.717) is 0 Å². The molecule has 1 heterocycles. The van der Waals surface area contributed by atoms with Crippen LogP contribution >= 0.6 is 11.3 Å². The minimum absolute atomic E-state index is 0.135. The fourth-order valence-electron chi connectivity index (χ4n) is 1.86. The standard InChI is InChI=1S/C14H17N3S/c1-2-6-11-13(14(15)16)18-12(17-11)9-10-7-4-3-5-8-10/h3-5,7-8H,2,6,9H2,1H3,(H3,15,16). The van der Waals surface area contributed by atoms with Crippen LogP contribution in [0.25, 0.3) is 0 Å². The smallest absolute Gasteiger partial charge is 0.135 e. The number of aromatic nitrogens is 1. The maximum Gasteiger partial charge on any atom is 0.135 e. The van der Waals surface area contributed by atoms with Crippen molar-refractivity contribution in [2.24, 2.45) is 5.73 Å². The Morgan fingerprint density at radius 1 is 1.33 bits per heavy atom.